The Labute approximate surface area is 169 Å². The van der Waals surface area contributed by atoms with Crippen molar-refractivity contribution in [2.75, 3.05) is 12.3 Å². The number of carbonyl (C=O) groups excluding carboxylic acids is 2. The van der Waals surface area contributed by atoms with Gasteiger partial charge in [0.2, 0.25) is 0 Å². The molecule has 2 N–H and O–H groups in total. The van der Waals surface area contributed by atoms with Crippen molar-refractivity contribution in [2.24, 2.45) is 11.0 Å². The van der Waals surface area contributed by atoms with Crippen LogP contribution in [0.5, 0.6) is 0 Å². The lowest BCUT2D eigenvalue weighted by Crippen LogP contribution is -2.28. The Hall–Kier alpha value is -3.73. The number of ketones is 1. The lowest BCUT2D eigenvalue weighted by molar-refractivity contribution is 0.0761. The van der Waals surface area contributed by atoms with Crippen LogP contribution in [-0.2, 0) is 0 Å². The molecule has 0 saturated heterocycles. The number of benzene rings is 3. The van der Waals surface area contributed by atoms with Crippen LogP contribution in [0.2, 0.25) is 0 Å². The highest BCUT2D eigenvalue weighted by Gasteiger charge is 2.33. The lowest BCUT2D eigenvalue weighted by atomic mass is 9.91. The molecule has 0 aromatic heterocycles. The second-order valence-corrected chi connectivity index (χ2v) is 7.02. The number of hydrogen-bond donors (Lipinski definition) is 1. The molecular formula is C24H21N3O2. The Morgan fingerprint density at radius 1 is 0.897 bits per heavy atom. The minimum Gasteiger partial charge on any atom is -0.398 e. The second-order valence-electron chi connectivity index (χ2n) is 7.02. The van der Waals surface area contributed by atoms with Gasteiger partial charge in [0.05, 0.1) is 17.8 Å². The van der Waals surface area contributed by atoms with Crippen molar-refractivity contribution in [2.45, 2.75) is 6.42 Å². The zero-order chi connectivity index (χ0) is 20.2. The summed E-state index contributed by atoms with van der Waals surface area (Å²) < 4.78 is 0. The molecule has 144 valence electrons. The first-order valence-electron chi connectivity index (χ1n) is 9.52. The largest absolute Gasteiger partial charge is 0.398 e. The lowest BCUT2D eigenvalue weighted by Gasteiger charge is -2.15. The number of hydrazone groups is 1. The predicted molar refractivity (Wildman–Crippen MR) is 114 cm³/mol. The normalized spacial score (nSPS) is 15.8. The van der Waals surface area contributed by atoms with Crippen LogP contribution >= 0.6 is 0 Å². The van der Waals surface area contributed by atoms with Crippen molar-refractivity contribution in [1.82, 2.24) is 5.01 Å². The SMILES string of the molecule is Nc1ccccc1C(=O)N1CC(CC(=O)c2ccccc2)C(c2ccccc2)=N1. The van der Waals surface area contributed by atoms with E-state index in [-0.39, 0.29) is 24.0 Å². The standard InChI is InChI=1S/C24H21N3O2/c25-21-14-8-7-13-20(21)24(29)27-16-19(15-22(28)17-9-3-1-4-10-17)23(26-27)18-11-5-2-6-12-18/h1-14,19H,15-16,25H2. The van der Waals surface area contributed by atoms with Crippen LogP contribution in [0.1, 0.15) is 32.7 Å². The maximum Gasteiger partial charge on any atom is 0.276 e. The molecule has 1 heterocycles. The molecule has 0 saturated carbocycles. The molecule has 0 aliphatic carbocycles. The van der Waals surface area contributed by atoms with Gasteiger partial charge >= 0.3 is 0 Å². The Morgan fingerprint density at radius 2 is 1.52 bits per heavy atom. The third kappa shape index (κ3) is 3.94. The number of hydrogen-bond acceptors (Lipinski definition) is 4. The fourth-order valence-electron chi connectivity index (χ4n) is 3.54. The summed E-state index contributed by atoms with van der Waals surface area (Å²) in [5.74, 6) is -0.405. The van der Waals surface area contributed by atoms with Crippen molar-refractivity contribution in [3.05, 3.63) is 102 Å². The topological polar surface area (TPSA) is 75.8 Å². The van der Waals surface area contributed by atoms with Gasteiger partial charge in [-0.05, 0) is 17.7 Å². The van der Waals surface area contributed by atoms with Gasteiger partial charge in [0.1, 0.15) is 0 Å². The van der Waals surface area contributed by atoms with Gasteiger partial charge in [-0.3, -0.25) is 9.59 Å². The van der Waals surface area contributed by atoms with Crippen LogP contribution in [0.25, 0.3) is 0 Å². The number of nitrogens with zero attached hydrogens (tertiary/aromatic N) is 2. The molecule has 0 spiro atoms. The van der Waals surface area contributed by atoms with Crippen molar-refractivity contribution in [1.29, 1.82) is 0 Å². The molecule has 1 unspecified atom stereocenters. The number of Topliss-reactive ketones (excluding diaryl/α,β-unsaturated/α-hetero) is 1. The number of amides is 1. The summed E-state index contributed by atoms with van der Waals surface area (Å²) in [6.45, 7) is 0.343. The van der Waals surface area contributed by atoms with Crippen LogP contribution in [0.15, 0.2) is 90.0 Å². The average molecular weight is 383 g/mol. The van der Waals surface area contributed by atoms with Gasteiger partial charge in [-0.15, -0.1) is 0 Å². The minimum absolute atomic E-state index is 0.0350. The van der Waals surface area contributed by atoms with Crippen LogP contribution in [0.4, 0.5) is 5.69 Å². The van der Waals surface area contributed by atoms with E-state index in [1.165, 1.54) is 5.01 Å². The predicted octanol–water partition coefficient (Wildman–Crippen LogP) is 4.02. The van der Waals surface area contributed by atoms with Crippen LogP contribution in [-0.4, -0.2) is 29.0 Å². The Kier molecular flexibility index (Phi) is 5.20. The van der Waals surface area contributed by atoms with Crippen molar-refractivity contribution >= 4 is 23.1 Å². The first-order valence-corrected chi connectivity index (χ1v) is 9.52. The number of para-hydroxylation sites is 1. The molecule has 4 rings (SSSR count). The van der Waals surface area contributed by atoms with Crippen LogP contribution < -0.4 is 5.73 Å². The van der Waals surface area contributed by atoms with Gasteiger partial charge in [0.25, 0.3) is 5.91 Å². The molecule has 1 atom stereocenters. The maximum absolute atomic E-state index is 13.0. The monoisotopic (exact) mass is 383 g/mol. The smallest absolute Gasteiger partial charge is 0.276 e. The molecule has 1 aliphatic heterocycles. The summed E-state index contributed by atoms with van der Waals surface area (Å²) in [4.78, 5) is 25.8. The zero-order valence-electron chi connectivity index (χ0n) is 15.9. The van der Waals surface area contributed by atoms with E-state index in [9.17, 15) is 9.59 Å². The van der Waals surface area contributed by atoms with Crippen LogP contribution in [0, 0.1) is 5.92 Å². The van der Waals surface area contributed by atoms with E-state index in [1.54, 1.807) is 24.3 Å². The highest BCUT2D eigenvalue weighted by molar-refractivity contribution is 6.09. The first-order chi connectivity index (χ1) is 14.1. The van der Waals surface area contributed by atoms with E-state index in [2.05, 4.69) is 5.10 Å². The molecule has 0 fully saturated rings. The van der Waals surface area contributed by atoms with Gasteiger partial charge in [0, 0.05) is 23.6 Å². The summed E-state index contributed by atoms with van der Waals surface area (Å²) in [6, 6.07) is 25.8. The molecule has 0 radical (unpaired) electrons. The van der Waals surface area contributed by atoms with Gasteiger partial charge in [-0.2, -0.15) is 5.10 Å². The summed E-state index contributed by atoms with van der Waals surface area (Å²) in [5.41, 5.74) is 9.13. The molecular weight excluding hydrogens is 362 g/mol. The van der Waals surface area contributed by atoms with E-state index in [0.717, 1.165) is 11.3 Å². The molecule has 29 heavy (non-hydrogen) atoms. The van der Waals surface area contributed by atoms with Gasteiger partial charge in [-0.25, -0.2) is 5.01 Å². The summed E-state index contributed by atoms with van der Waals surface area (Å²) >= 11 is 0. The van der Waals surface area contributed by atoms with Crippen molar-refractivity contribution in [3.63, 3.8) is 0 Å². The van der Waals surface area contributed by atoms with Gasteiger partial charge < -0.3 is 5.73 Å². The molecule has 1 amide bonds. The van der Waals surface area contributed by atoms with E-state index >= 15 is 0 Å². The molecule has 0 bridgehead atoms. The van der Waals surface area contributed by atoms with E-state index in [4.69, 9.17) is 5.73 Å². The number of nitrogen functional groups attached to an aromatic ring is 1. The fraction of sp³-hybridized carbons (Fsp3) is 0.125. The number of carbonyl (C=O) groups is 2. The molecule has 3 aromatic carbocycles. The highest BCUT2D eigenvalue weighted by Crippen LogP contribution is 2.26. The summed E-state index contributed by atoms with van der Waals surface area (Å²) in [7, 11) is 0. The third-order valence-electron chi connectivity index (χ3n) is 5.03. The fourth-order valence-corrected chi connectivity index (χ4v) is 3.54. The highest BCUT2D eigenvalue weighted by atomic mass is 16.2. The molecule has 5 heteroatoms. The van der Waals surface area contributed by atoms with Gasteiger partial charge in [-0.1, -0.05) is 72.8 Å². The van der Waals surface area contributed by atoms with Crippen LogP contribution in [0.3, 0.4) is 0 Å². The van der Waals surface area contributed by atoms with E-state index in [0.29, 0.717) is 23.4 Å². The summed E-state index contributed by atoms with van der Waals surface area (Å²) in [6.07, 6.45) is 0.284. The number of anilines is 1. The van der Waals surface area contributed by atoms with E-state index in [1.807, 2.05) is 60.7 Å². The van der Waals surface area contributed by atoms with Gasteiger partial charge in [0.15, 0.2) is 5.78 Å². The molecule has 1 aliphatic rings. The maximum atomic E-state index is 13.0. The minimum atomic E-state index is -0.258. The molecule has 5 nitrogen and oxygen atoms in total. The quantitative estimate of drug-likeness (QED) is 0.534. The Balaban J connectivity index is 1.63. The average Bonchev–Trinajstić information content (AvgIpc) is 3.18. The Bertz CT molecular complexity index is 1060. The number of nitrogens with two attached hydrogens (primary N) is 1. The number of rotatable bonds is 5. The third-order valence-corrected chi connectivity index (χ3v) is 5.03. The summed E-state index contributed by atoms with van der Waals surface area (Å²) in [5, 5.41) is 6.02. The van der Waals surface area contributed by atoms with Crippen molar-refractivity contribution in [3.8, 4) is 0 Å². The zero-order valence-corrected chi connectivity index (χ0v) is 15.9. The second kappa shape index (κ2) is 8.10. The van der Waals surface area contributed by atoms with Crippen molar-refractivity contribution < 1.29 is 9.59 Å². The Morgan fingerprint density at radius 3 is 2.21 bits per heavy atom. The first kappa shape index (κ1) is 18.6. The molecule has 3 aromatic rings. The van der Waals surface area contributed by atoms with E-state index < -0.39 is 0 Å².